The molecule has 1 N–H and O–H groups in total. The molecule has 0 aromatic heterocycles. The number of nitrogens with one attached hydrogen (secondary N) is 1. The average molecular weight is 244 g/mol. The maximum atomic E-state index is 12.2. The van der Waals surface area contributed by atoms with Crippen LogP contribution in [0.5, 0.6) is 0 Å². The number of hydrogen-bond donors (Lipinski definition) is 1. The summed E-state index contributed by atoms with van der Waals surface area (Å²) in [6.45, 7) is -0.178. The van der Waals surface area contributed by atoms with Crippen LogP contribution >= 0.6 is 12.4 Å². The van der Waals surface area contributed by atoms with Crippen LogP contribution in [0.2, 0.25) is 0 Å². The standard InChI is InChI=1S/C6H10F5NO.ClH/c1-12-13-4-2-3-5(7,8)6(9,10)11;/h12H,2-4H2,1H3;1H. The SMILES string of the molecule is CNOCCCC(F)(F)C(F)(F)F.Cl. The predicted molar refractivity (Wildman–Crippen MR) is 42.5 cm³/mol. The zero-order valence-electron chi connectivity index (χ0n) is 7.33. The Morgan fingerprint density at radius 3 is 2.00 bits per heavy atom. The van der Waals surface area contributed by atoms with Crippen LogP contribution in [0, 0.1) is 0 Å². The zero-order chi connectivity index (χ0) is 10.5. The molecule has 0 aromatic carbocycles. The van der Waals surface area contributed by atoms with Crippen LogP contribution in [0.15, 0.2) is 0 Å². The van der Waals surface area contributed by atoms with Crippen molar-refractivity contribution in [2.75, 3.05) is 13.7 Å². The largest absolute Gasteiger partial charge is 0.453 e. The maximum absolute atomic E-state index is 12.2. The van der Waals surface area contributed by atoms with E-state index in [2.05, 4.69) is 10.3 Å². The molecule has 0 aliphatic heterocycles. The van der Waals surface area contributed by atoms with Crippen LogP contribution in [0.25, 0.3) is 0 Å². The van der Waals surface area contributed by atoms with Crippen LogP contribution < -0.4 is 5.48 Å². The molecule has 0 heterocycles. The van der Waals surface area contributed by atoms with Crippen molar-refractivity contribution in [3.63, 3.8) is 0 Å². The number of halogens is 6. The van der Waals surface area contributed by atoms with E-state index in [1.54, 1.807) is 0 Å². The fourth-order valence-corrected chi connectivity index (χ4v) is 0.610. The molecule has 0 aromatic rings. The lowest BCUT2D eigenvalue weighted by molar-refractivity contribution is -0.285. The van der Waals surface area contributed by atoms with Crippen molar-refractivity contribution in [3.05, 3.63) is 0 Å². The number of rotatable bonds is 5. The van der Waals surface area contributed by atoms with E-state index in [1.165, 1.54) is 7.05 Å². The van der Waals surface area contributed by atoms with E-state index in [-0.39, 0.29) is 25.4 Å². The first-order valence-electron chi connectivity index (χ1n) is 3.54. The summed E-state index contributed by atoms with van der Waals surface area (Å²) in [6.07, 6.45) is -7.07. The Balaban J connectivity index is 0. The summed E-state index contributed by atoms with van der Waals surface area (Å²) in [6, 6.07) is 0. The minimum absolute atomic E-state index is 0. The third-order valence-electron chi connectivity index (χ3n) is 1.30. The van der Waals surface area contributed by atoms with Crippen LogP contribution in [0.3, 0.4) is 0 Å². The van der Waals surface area contributed by atoms with Gasteiger partial charge >= 0.3 is 12.1 Å². The summed E-state index contributed by atoms with van der Waals surface area (Å²) in [5, 5.41) is 0. The van der Waals surface area contributed by atoms with E-state index in [0.717, 1.165) is 0 Å². The molecule has 0 unspecified atom stereocenters. The molecule has 88 valence electrons. The minimum atomic E-state index is -5.47. The second kappa shape index (κ2) is 6.36. The quantitative estimate of drug-likeness (QED) is 0.455. The molecule has 0 fully saturated rings. The van der Waals surface area contributed by atoms with Gasteiger partial charge in [0, 0.05) is 13.5 Å². The summed E-state index contributed by atoms with van der Waals surface area (Å²) in [5.74, 6) is -4.62. The molecular weight excluding hydrogens is 233 g/mol. The molecule has 0 saturated heterocycles. The number of hydroxylamine groups is 1. The second-order valence-corrected chi connectivity index (χ2v) is 2.36. The van der Waals surface area contributed by atoms with Gasteiger partial charge in [-0.1, -0.05) is 0 Å². The summed E-state index contributed by atoms with van der Waals surface area (Å²) in [5.41, 5.74) is 2.17. The highest BCUT2D eigenvalue weighted by molar-refractivity contribution is 5.85. The topological polar surface area (TPSA) is 21.3 Å². The van der Waals surface area contributed by atoms with Crippen LogP contribution in [-0.2, 0) is 4.84 Å². The fraction of sp³-hybridized carbons (Fsp3) is 1.00. The van der Waals surface area contributed by atoms with Gasteiger partial charge in [-0.15, -0.1) is 12.4 Å². The molecule has 14 heavy (non-hydrogen) atoms. The molecule has 0 spiro atoms. The van der Waals surface area contributed by atoms with Crippen LogP contribution in [0.4, 0.5) is 22.0 Å². The molecule has 0 aliphatic carbocycles. The van der Waals surface area contributed by atoms with Crippen molar-refractivity contribution in [1.29, 1.82) is 0 Å². The molecular formula is C6H11ClF5NO. The smallest absolute Gasteiger partial charge is 0.302 e. The lowest BCUT2D eigenvalue weighted by Gasteiger charge is -2.18. The summed E-state index contributed by atoms with van der Waals surface area (Å²) in [7, 11) is 1.39. The van der Waals surface area contributed by atoms with Crippen LogP contribution in [-0.4, -0.2) is 25.8 Å². The highest BCUT2D eigenvalue weighted by atomic mass is 35.5. The molecule has 0 saturated carbocycles. The molecule has 0 aliphatic rings. The van der Waals surface area contributed by atoms with Gasteiger partial charge in [-0.3, -0.25) is 0 Å². The first kappa shape index (κ1) is 16.3. The van der Waals surface area contributed by atoms with E-state index in [4.69, 9.17) is 0 Å². The summed E-state index contributed by atoms with van der Waals surface area (Å²) in [4.78, 5) is 4.39. The molecule has 0 radical (unpaired) electrons. The lowest BCUT2D eigenvalue weighted by Crippen LogP contribution is -2.36. The van der Waals surface area contributed by atoms with E-state index in [0.29, 0.717) is 0 Å². The van der Waals surface area contributed by atoms with Gasteiger partial charge in [-0.25, -0.2) is 5.48 Å². The Hall–Kier alpha value is -0.140. The zero-order valence-corrected chi connectivity index (χ0v) is 8.14. The Morgan fingerprint density at radius 1 is 1.14 bits per heavy atom. The summed E-state index contributed by atoms with van der Waals surface area (Å²) < 4.78 is 58.9. The van der Waals surface area contributed by atoms with Gasteiger partial charge in [0.25, 0.3) is 0 Å². The Bertz CT molecular complexity index is 152. The highest BCUT2D eigenvalue weighted by Gasteiger charge is 2.56. The first-order valence-corrected chi connectivity index (χ1v) is 3.54. The Morgan fingerprint density at radius 2 is 1.64 bits per heavy atom. The van der Waals surface area contributed by atoms with E-state index in [1.807, 2.05) is 0 Å². The van der Waals surface area contributed by atoms with Gasteiger partial charge in [-0.2, -0.15) is 22.0 Å². The minimum Gasteiger partial charge on any atom is -0.302 e. The first-order chi connectivity index (χ1) is 5.81. The number of alkyl halides is 5. The van der Waals surface area contributed by atoms with Gasteiger partial charge in [-0.05, 0) is 6.42 Å². The van der Waals surface area contributed by atoms with Gasteiger partial charge in [0.15, 0.2) is 0 Å². The molecule has 2 nitrogen and oxygen atoms in total. The molecule has 0 bridgehead atoms. The summed E-state index contributed by atoms with van der Waals surface area (Å²) >= 11 is 0. The van der Waals surface area contributed by atoms with Crippen molar-refractivity contribution in [1.82, 2.24) is 5.48 Å². The van der Waals surface area contributed by atoms with Crippen molar-refractivity contribution in [2.24, 2.45) is 0 Å². The van der Waals surface area contributed by atoms with Crippen molar-refractivity contribution in [3.8, 4) is 0 Å². The monoisotopic (exact) mass is 243 g/mol. The van der Waals surface area contributed by atoms with E-state index < -0.39 is 18.5 Å². The fourth-order valence-electron chi connectivity index (χ4n) is 0.610. The van der Waals surface area contributed by atoms with Crippen molar-refractivity contribution >= 4 is 12.4 Å². The van der Waals surface area contributed by atoms with Gasteiger partial charge in [0.05, 0.1) is 6.61 Å². The predicted octanol–water partition coefficient (Wildman–Crippen LogP) is 2.54. The molecule has 0 amide bonds. The van der Waals surface area contributed by atoms with Gasteiger partial charge in [0.1, 0.15) is 0 Å². The molecule has 0 rings (SSSR count). The van der Waals surface area contributed by atoms with Gasteiger partial charge < -0.3 is 4.84 Å². The lowest BCUT2D eigenvalue weighted by atomic mass is 10.2. The van der Waals surface area contributed by atoms with Crippen molar-refractivity contribution < 1.29 is 26.8 Å². The third-order valence-corrected chi connectivity index (χ3v) is 1.30. The molecule has 8 heteroatoms. The van der Waals surface area contributed by atoms with E-state index >= 15 is 0 Å². The van der Waals surface area contributed by atoms with Gasteiger partial charge in [0.2, 0.25) is 0 Å². The molecule has 0 atom stereocenters. The Labute approximate surface area is 84.2 Å². The van der Waals surface area contributed by atoms with Crippen LogP contribution in [0.1, 0.15) is 12.8 Å². The van der Waals surface area contributed by atoms with Crippen molar-refractivity contribution in [2.45, 2.75) is 24.9 Å². The normalized spacial score (nSPS) is 12.4. The third kappa shape index (κ3) is 5.56. The highest BCUT2D eigenvalue weighted by Crippen LogP contribution is 2.38. The maximum Gasteiger partial charge on any atom is 0.453 e. The van der Waals surface area contributed by atoms with E-state index in [9.17, 15) is 22.0 Å². The second-order valence-electron chi connectivity index (χ2n) is 2.36. The Kier molecular flexibility index (Phi) is 7.41. The average Bonchev–Trinajstić information content (AvgIpc) is 1.96. The number of hydrogen-bond acceptors (Lipinski definition) is 2.